The number of nitrogens with two attached hydrogens (primary N) is 1. The van der Waals surface area contributed by atoms with Crippen LogP contribution in [0.2, 0.25) is 0 Å². The van der Waals surface area contributed by atoms with Gasteiger partial charge in [0.05, 0.1) is 12.8 Å². The predicted octanol–water partition coefficient (Wildman–Crippen LogP) is 2.48. The van der Waals surface area contributed by atoms with Crippen LogP contribution in [-0.2, 0) is 5.41 Å². The topological polar surface area (TPSA) is 64.3 Å². The lowest BCUT2D eigenvalue weighted by molar-refractivity contribution is 0.259. The molecule has 0 spiro atoms. The first-order chi connectivity index (χ1) is 7.34. The molecule has 0 aliphatic carbocycles. The van der Waals surface area contributed by atoms with E-state index >= 15 is 0 Å². The third-order valence-corrected chi connectivity index (χ3v) is 2.32. The number of nitrogens with one attached hydrogen (secondary N) is 1. The summed E-state index contributed by atoms with van der Waals surface area (Å²) in [5.41, 5.74) is 6.82. The summed E-state index contributed by atoms with van der Waals surface area (Å²) in [4.78, 5) is 10.9. The number of anilines is 1. The summed E-state index contributed by atoms with van der Waals surface area (Å²) >= 11 is 0. The van der Waals surface area contributed by atoms with Crippen molar-refractivity contribution in [2.24, 2.45) is 5.73 Å². The zero-order valence-corrected chi connectivity index (χ0v) is 10.1. The fraction of sp³-hybridized carbons (Fsp3) is 0.417. The number of primary amides is 1. The molecule has 0 saturated carbocycles. The van der Waals surface area contributed by atoms with Crippen LogP contribution in [0.25, 0.3) is 0 Å². The number of carbonyl (C=O) groups excluding carboxylic acids is 1. The Hall–Kier alpha value is -1.71. The average Bonchev–Trinajstić information content (AvgIpc) is 2.15. The minimum absolute atomic E-state index is 0.0142. The summed E-state index contributed by atoms with van der Waals surface area (Å²) in [5, 5.41) is 2.55. The van der Waals surface area contributed by atoms with E-state index in [4.69, 9.17) is 10.5 Å². The number of rotatable bonds is 2. The summed E-state index contributed by atoms with van der Waals surface area (Å²) in [6.07, 6.45) is 0. The Bertz CT molecular complexity index is 394. The molecular formula is C12H18N2O2. The van der Waals surface area contributed by atoms with Gasteiger partial charge in [0.2, 0.25) is 0 Å². The molecule has 4 nitrogen and oxygen atoms in total. The maximum absolute atomic E-state index is 10.9. The van der Waals surface area contributed by atoms with Gasteiger partial charge in [0.25, 0.3) is 0 Å². The Morgan fingerprint density at radius 1 is 1.38 bits per heavy atom. The average molecular weight is 222 g/mol. The van der Waals surface area contributed by atoms with E-state index in [0.29, 0.717) is 11.4 Å². The van der Waals surface area contributed by atoms with Crippen molar-refractivity contribution in [1.29, 1.82) is 0 Å². The van der Waals surface area contributed by atoms with Crippen LogP contribution in [0.5, 0.6) is 5.75 Å². The van der Waals surface area contributed by atoms with E-state index in [-0.39, 0.29) is 5.41 Å². The first kappa shape index (κ1) is 12.4. The molecule has 0 bridgehead atoms. The maximum Gasteiger partial charge on any atom is 0.316 e. The van der Waals surface area contributed by atoms with Gasteiger partial charge in [0.1, 0.15) is 5.75 Å². The SMILES string of the molecule is COc1ccc(C(C)(C)C)cc1NC(N)=O. The molecule has 0 radical (unpaired) electrons. The van der Waals surface area contributed by atoms with Gasteiger partial charge in [-0.3, -0.25) is 0 Å². The van der Waals surface area contributed by atoms with Gasteiger partial charge in [0.15, 0.2) is 0 Å². The van der Waals surface area contributed by atoms with Crippen molar-refractivity contribution in [2.45, 2.75) is 26.2 Å². The van der Waals surface area contributed by atoms with E-state index in [1.54, 1.807) is 7.11 Å². The summed E-state index contributed by atoms with van der Waals surface area (Å²) in [7, 11) is 1.55. The largest absolute Gasteiger partial charge is 0.495 e. The van der Waals surface area contributed by atoms with Crippen LogP contribution in [-0.4, -0.2) is 13.1 Å². The van der Waals surface area contributed by atoms with Crippen LogP contribution in [0.4, 0.5) is 10.5 Å². The Morgan fingerprint density at radius 3 is 2.44 bits per heavy atom. The number of carbonyl (C=O) groups is 1. The molecule has 4 heteroatoms. The highest BCUT2D eigenvalue weighted by molar-refractivity contribution is 5.89. The van der Waals surface area contributed by atoms with Gasteiger partial charge in [0, 0.05) is 0 Å². The van der Waals surface area contributed by atoms with E-state index in [1.165, 1.54) is 0 Å². The van der Waals surface area contributed by atoms with Crippen LogP contribution in [0.15, 0.2) is 18.2 Å². The Kier molecular flexibility index (Phi) is 3.42. The van der Waals surface area contributed by atoms with Crippen molar-refractivity contribution in [3.63, 3.8) is 0 Å². The highest BCUT2D eigenvalue weighted by Crippen LogP contribution is 2.31. The van der Waals surface area contributed by atoms with E-state index < -0.39 is 6.03 Å². The van der Waals surface area contributed by atoms with E-state index in [0.717, 1.165) is 5.56 Å². The van der Waals surface area contributed by atoms with Gasteiger partial charge in [-0.25, -0.2) is 4.79 Å². The van der Waals surface area contributed by atoms with Gasteiger partial charge >= 0.3 is 6.03 Å². The Labute approximate surface area is 95.8 Å². The number of urea groups is 1. The second kappa shape index (κ2) is 4.43. The molecule has 0 atom stereocenters. The van der Waals surface area contributed by atoms with Crippen molar-refractivity contribution >= 4 is 11.7 Å². The first-order valence-corrected chi connectivity index (χ1v) is 5.09. The number of ether oxygens (including phenoxy) is 1. The number of benzene rings is 1. The van der Waals surface area contributed by atoms with E-state index in [2.05, 4.69) is 26.1 Å². The summed E-state index contributed by atoms with van der Waals surface area (Å²) in [6, 6.07) is 5.09. The summed E-state index contributed by atoms with van der Waals surface area (Å²) in [5.74, 6) is 0.604. The zero-order chi connectivity index (χ0) is 12.3. The van der Waals surface area contributed by atoms with E-state index in [9.17, 15) is 4.79 Å². The minimum Gasteiger partial charge on any atom is -0.495 e. The third kappa shape index (κ3) is 2.89. The molecular weight excluding hydrogens is 204 g/mol. The number of hydrogen-bond donors (Lipinski definition) is 2. The lowest BCUT2D eigenvalue weighted by Crippen LogP contribution is -2.20. The van der Waals surface area contributed by atoms with Crippen molar-refractivity contribution in [1.82, 2.24) is 0 Å². The molecule has 2 amide bonds. The smallest absolute Gasteiger partial charge is 0.316 e. The standard InChI is InChI=1S/C12H18N2O2/c1-12(2,3)8-5-6-10(16-4)9(7-8)14-11(13)15/h5-7H,1-4H3,(H3,13,14,15). The normalized spacial score (nSPS) is 11.0. The van der Waals surface area contributed by atoms with Gasteiger partial charge in [-0.05, 0) is 23.1 Å². The monoisotopic (exact) mass is 222 g/mol. The van der Waals surface area contributed by atoms with Crippen molar-refractivity contribution in [3.8, 4) is 5.75 Å². The quantitative estimate of drug-likeness (QED) is 0.807. The Morgan fingerprint density at radius 2 is 2.00 bits per heavy atom. The van der Waals surface area contributed by atoms with Crippen molar-refractivity contribution in [2.75, 3.05) is 12.4 Å². The molecule has 1 aromatic rings. The molecule has 0 unspecified atom stereocenters. The van der Waals surface area contributed by atoms with E-state index in [1.807, 2.05) is 18.2 Å². The molecule has 0 heterocycles. The molecule has 0 saturated heterocycles. The highest BCUT2D eigenvalue weighted by Gasteiger charge is 2.16. The molecule has 16 heavy (non-hydrogen) atoms. The fourth-order valence-corrected chi connectivity index (χ4v) is 1.40. The number of amides is 2. The maximum atomic E-state index is 10.9. The van der Waals surface area contributed by atoms with Gasteiger partial charge in [-0.1, -0.05) is 26.8 Å². The lowest BCUT2D eigenvalue weighted by atomic mass is 9.87. The van der Waals surface area contributed by atoms with Crippen LogP contribution < -0.4 is 15.8 Å². The van der Waals surface area contributed by atoms with Crippen LogP contribution in [0.3, 0.4) is 0 Å². The molecule has 1 rings (SSSR count). The summed E-state index contributed by atoms with van der Waals surface area (Å²) in [6.45, 7) is 6.30. The van der Waals surface area contributed by atoms with Gasteiger partial charge in [-0.2, -0.15) is 0 Å². The molecule has 0 fully saturated rings. The third-order valence-electron chi connectivity index (χ3n) is 2.32. The van der Waals surface area contributed by atoms with Gasteiger partial charge in [-0.15, -0.1) is 0 Å². The first-order valence-electron chi connectivity index (χ1n) is 5.09. The predicted molar refractivity (Wildman–Crippen MR) is 64.9 cm³/mol. The second-order valence-corrected chi connectivity index (χ2v) is 4.65. The zero-order valence-electron chi connectivity index (χ0n) is 10.1. The van der Waals surface area contributed by atoms with Crippen LogP contribution >= 0.6 is 0 Å². The lowest BCUT2D eigenvalue weighted by Gasteiger charge is -2.21. The molecule has 0 aliphatic rings. The van der Waals surface area contributed by atoms with Crippen LogP contribution in [0.1, 0.15) is 26.3 Å². The minimum atomic E-state index is -0.593. The number of methoxy groups -OCH3 is 1. The van der Waals surface area contributed by atoms with Gasteiger partial charge < -0.3 is 15.8 Å². The van der Waals surface area contributed by atoms with Crippen LogP contribution in [0, 0.1) is 0 Å². The molecule has 88 valence electrons. The highest BCUT2D eigenvalue weighted by atomic mass is 16.5. The summed E-state index contributed by atoms with van der Waals surface area (Å²) < 4.78 is 5.14. The molecule has 1 aromatic carbocycles. The fourth-order valence-electron chi connectivity index (χ4n) is 1.40. The van der Waals surface area contributed by atoms with Crippen molar-refractivity contribution < 1.29 is 9.53 Å². The molecule has 0 aliphatic heterocycles. The second-order valence-electron chi connectivity index (χ2n) is 4.65. The van der Waals surface area contributed by atoms with Crippen molar-refractivity contribution in [3.05, 3.63) is 23.8 Å². The molecule has 0 aromatic heterocycles. The molecule has 3 N–H and O–H groups in total. The number of hydrogen-bond acceptors (Lipinski definition) is 2. The Balaban J connectivity index is 3.16.